The largest absolute Gasteiger partial charge is 0.481 e. The summed E-state index contributed by atoms with van der Waals surface area (Å²) in [6.45, 7) is 3.99. The minimum atomic E-state index is -0.442. The zero-order chi connectivity index (χ0) is 20.5. The Labute approximate surface area is 168 Å². The van der Waals surface area contributed by atoms with Crippen LogP contribution in [0.3, 0.4) is 0 Å². The van der Waals surface area contributed by atoms with Gasteiger partial charge in [-0.1, -0.05) is 18.2 Å². The molecule has 6 heteroatoms. The van der Waals surface area contributed by atoms with Gasteiger partial charge in [-0.15, -0.1) is 5.10 Å². The Balaban J connectivity index is 1.88. The molecule has 2 N–H and O–H groups in total. The standard InChI is InChI=1S/C23H20N4O2/c1-13-4-5-16(23(24)28)9-19(13)15-6-7-18-17(8-15)12-26-27-22(18)20-10-21(29-3)25-11-14(20)2/h4-12H,1-3H3,(H2,24,28). The van der Waals surface area contributed by atoms with E-state index in [1.165, 1.54) is 0 Å². The highest BCUT2D eigenvalue weighted by atomic mass is 16.5. The van der Waals surface area contributed by atoms with E-state index < -0.39 is 5.91 Å². The maximum absolute atomic E-state index is 11.6. The molecule has 0 bridgehead atoms. The quantitative estimate of drug-likeness (QED) is 0.572. The fourth-order valence-electron chi connectivity index (χ4n) is 3.41. The summed E-state index contributed by atoms with van der Waals surface area (Å²) in [4.78, 5) is 15.8. The number of carbonyl (C=O) groups excluding carboxylic acids is 1. The molecule has 4 rings (SSSR count). The molecule has 144 valence electrons. The summed E-state index contributed by atoms with van der Waals surface area (Å²) in [7, 11) is 1.59. The molecule has 4 aromatic rings. The SMILES string of the molecule is COc1cc(-c2nncc3cc(-c4cc(C(N)=O)ccc4C)ccc23)c(C)cn1. The van der Waals surface area contributed by atoms with Gasteiger partial charge in [0, 0.05) is 34.2 Å². The zero-order valence-electron chi connectivity index (χ0n) is 16.4. The molecule has 6 nitrogen and oxygen atoms in total. The van der Waals surface area contributed by atoms with Crippen molar-refractivity contribution < 1.29 is 9.53 Å². The molecule has 0 unspecified atom stereocenters. The van der Waals surface area contributed by atoms with Crippen LogP contribution in [0.4, 0.5) is 0 Å². The van der Waals surface area contributed by atoms with Gasteiger partial charge in [-0.2, -0.15) is 5.10 Å². The van der Waals surface area contributed by atoms with E-state index in [-0.39, 0.29) is 0 Å². The molecule has 0 saturated carbocycles. The number of aromatic nitrogens is 3. The van der Waals surface area contributed by atoms with E-state index in [1.807, 2.05) is 50.2 Å². The fourth-order valence-corrected chi connectivity index (χ4v) is 3.41. The number of pyridine rings is 1. The van der Waals surface area contributed by atoms with Crippen LogP contribution in [0.15, 0.2) is 54.9 Å². The number of hydrogen-bond donors (Lipinski definition) is 1. The lowest BCUT2D eigenvalue weighted by atomic mass is 9.95. The summed E-state index contributed by atoms with van der Waals surface area (Å²) in [5.74, 6) is 0.0854. The Morgan fingerprint density at radius 3 is 2.55 bits per heavy atom. The lowest BCUT2D eigenvalue weighted by Crippen LogP contribution is -2.10. The maximum atomic E-state index is 11.6. The highest BCUT2D eigenvalue weighted by Crippen LogP contribution is 2.33. The minimum Gasteiger partial charge on any atom is -0.481 e. The van der Waals surface area contributed by atoms with E-state index in [0.717, 1.165) is 44.3 Å². The van der Waals surface area contributed by atoms with E-state index in [2.05, 4.69) is 15.2 Å². The van der Waals surface area contributed by atoms with Crippen LogP contribution < -0.4 is 10.5 Å². The molecular weight excluding hydrogens is 364 g/mol. The number of methoxy groups -OCH3 is 1. The second-order valence-corrected chi connectivity index (χ2v) is 6.93. The van der Waals surface area contributed by atoms with Crippen molar-refractivity contribution in [3.05, 3.63) is 71.5 Å². The Kier molecular flexibility index (Phi) is 4.68. The van der Waals surface area contributed by atoms with Crippen molar-refractivity contribution in [2.24, 2.45) is 5.73 Å². The lowest BCUT2D eigenvalue weighted by Gasteiger charge is -2.12. The first-order valence-electron chi connectivity index (χ1n) is 9.15. The van der Waals surface area contributed by atoms with Crippen molar-refractivity contribution in [3.63, 3.8) is 0 Å². The van der Waals surface area contributed by atoms with Gasteiger partial charge in [0.15, 0.2) is 0 Å². The molecule has 2 heterocycles. The van der Waals surface area contributed by atoms with Crippen LogP contribution in [0.25, 0.3) is 33.2 Å². The van der Waals surface area contributed by atoms with Gasteiger partial charge in [0.1, 0.15) is 5.69 Å². The van der Waals surface area contributed by atoms with Crippen molar-refractivity contribution in [1.29, 1.82) is 0 Å². The van der Waals surface area contributed by atoms with Gasteiger partial charge in [0.2, 0.25) is 11.8 Å². The van der Waals surface area contributed by atoms with Gasteiger partial charge < -0.3 is 10.5 Å². The number of nitrogens with two attached hydrogens (primary N) is 1. The number of hydrogen-bond acceptors (Lipinski definition) is 5. The molecule has 1 amide bonds. The number of aryl methyl sites for hydroxylation is 2. The molecule has 0 aliphatic carbocycles. The first-order valence-corrected chi connectivity index (χ1v) is 9.15. The van der Waals surface area contributed by atoms with Gasteiger partial charge in [-0.05, 0) is 54.3 Å². The highest BCUT2D eigenvalue weighted by Gasteiger charge is 2.13. The minimum absolute atomic E-state index is 0.442. The monoisotopic (exact) mass is 384 g/mol. The van der Waals surface area contributed by atoms with Crippen LogP contribution in [0.2, 0.25) is 0 Å². The van der Waals surface area contributed by atoms with Crippen LogP contribution in [-0.2, 0) is 0 Å². The molecule has 0 spiro atoms. The summed E-state index contributed by atoms with van der Waals surface area (Å²) in [5, 5.41) is 10.5. The summed E-state index contributed by atoms with van der Waals surface area (Å²) in [6, 6.07) is 13.4. The predicted octanol–water partition coefficient (Wildman–Crippen LogP) is 4.08. The Morgan fingerprint density at radius 1 is 0.966 bits per heavy atom. The van der Waals surface area contributed by atoms with E-state index in [9.17, 15) is 4.79 Å². The van der Waals surface area contributed by atoms with E-state index in [0.29, 0.717) is 11.4 Å². The second-order valence-electron chi connectivity index (χ2n) is 6.93. The molecule has 29 heavy (non-hydrogen) atoms. The number of fused-ring (bicyclic) bond motifs is 1. The van der Waals surface area contributed by atoms with Gasteiger partial charge in [-0.3, -0.25) is 4.79 Å². The second kappa shape index (κ2) is 7.31. The molecular formula is C23H20N4O2. The van der Waals surface area contributed by atoms with Crippen molar-refractivity contribution in [2.45, 2.75) is 13.8 Å². The fraction of sp³-hybridized carbons (Fsp3) is 0.130. The van der Waals surface area contributed by atoms with Crippen molar-refractivity contribution in [3.8, 4) is 28.3 Å². The van der Waals surface area contributed by atoms with E-state index in [1.54, 1.807) is 25.6 Å². The predicted molar refractivity (Wildman–Crippen MR) is 113 cm³/mol. The Morgan fingerprint density at radius 2 is 1.79 bits per heavy atom. The topological polar surface area (TPSA) is 91.0 Å². The van der Waals surface area contributed by atoms with Gasteiger partial charge in [-0.25, -0.2) is 4.98 Å². The summed E-state index contributed by atoms with van der Waals surface area (Å²) >= 11 is 0. The van der Waals surface area contributed by atoms with Gasteiger partial charge in [0.05, 0.1) is 13.3 Å². The number of amides is 1. The highest BCUT2D eigenvalue weighted by molar-refractivity contribution is 5.98. The summed E-state index contributed by atoms with van der Waals surface area (Å²) in [6.07, 6.45) is 3.51. The molecule has 0 saturated heterocycles. The number of nitrogens with zero attached hydrogens (tertiary/aromatic N) is 3. The number of ether oxygens (including phenoxy) is 1. The smallest absolute Gasteiger partial charge is 0.248 e. The van der Waals surface area contributed by atoms with Crippen molar-refractivity contribution in [2.75, 3.05) is 7.11 Å². The third-order valence-corrected chi connectivity index (χ3v) is 5.04. The van der Waals surface area contributed by atoms with Crippen molar-refractivity contribution in [1.82, 2.24) is 15.2 Å². The van der Waals surface area contributed by atoms with E-state index >= 15 is 0 Å². The zero-order valence-corrected chi connectivity index (χ0v) is 16.4. The third kappa shape index (κ3) is 3.40. The summed E-state index contributed by atoms with van der Waals surface area (Å²) < 4.78 is 5.27. The number of benzene rings is 2. The maximum Gasteiger partial charge on any atom is 0.248 e. The number of carbonyl (C=O) groups is 1. The molecule has 2 aromatic heterocycles. The average molecular weight is 384 g/mol. The van der Waals surface area contributed by atoms with Crippen molar-refractivity contribution >= 4 is 16.7 Å². The number of rotatable bonds is 4. The first kappa shape index (κ1) is 18.6. The lowest BCUT2D eigenvalue weighted by molar-refractivity contribution is 0.100. The molecule has 0 aliphatic heterocycles. The van der Waals surface area contributed by atoms with Crippen LogP contribution >= 0.6 is 0 Å². The molecule has 0 fully saturated rings. The molecule has 0 atom stereocenters. The first-order chi connectivity index (χ1) is 14.0. The van der Waals surface area contributed by atoms with Crippen LogP contribution in [0.1, 0.15) is 21.5 Å². The number of primary amides is 1. The van der Waals surface area contributed by atoms with Gasteiger partial charge >= 0.3 is 0 Å². The molecule has 2 aromatic carbocycles. The Hall–Kier alpha value is -3.80. The van der Waals surface area contributed by atoms with Crippen LogP contribution in [0.5, 0.6) is 5.88 Å². The van der Waals surface area contributed by atoms with Gasteiger partial charge in [0.25, 0.3) is 0 Å². The Bertz CT molecular complexity index is 1250. The average Bonchev–Trinajstić information content (AvgIpc) is 2.73. The normalized spacial score (nSPS) is 10.9. The van der Waals surface area contributed by atoms with Crippen LogP contribution in [-0.4, -0.2) is 28.2 Å². The van der Waals surface area contributed by atoms with E-state index in [4.69, 9.17) is 10.5 Å². The summed E-state index contributed by atoms with van der Waals surface area (Å²) in [5.41, 5.74) is 11.6. The third-order valence-electron chi connectivity index (χ3n) is 5.04. The van der Waals surface area contributed by atoms with Crippen LogP contribution in [0, 0.1) is 13.8 Å². The molecule has 0 aliphatic rings. The molecule has 0 radical (unpaired) electrons.